The molecule has 3 rings (SSSR count). The number of aromatic amines is 1. The number of halogens is 2. The second-order valence-corrected chi connectivity index (χ2v) is 6.96. The van der Waals surface area contributed by atoms with Crippen LogP contribution in [0.1, 0.15) is 11.5 Å². The predicted molar refractivity (Wildman–Crippen MR) is 121 cm³/mol. The molecule has 0 atom stereocenters. The van der Waals surface area contributed by atoms with E-state index in [1.165, 1.54) is 5.69 Å². The number of aryl methyl sites for hydroxylation is 1. The number of nitrogens with zero attached hydrogens (tertiary/aromatic N) is 4. The highest BCUT2D eigenvalue weighted by Crippen LogP contribution is 2.15. The van der Waals surface area contributed by atoms with Gasteiger partial charge in [-0.25, -0.2) is 4.98 Å². The number of guanidine groups is 1. The Bertz CT molecular complexity index is 852. The van der Waals surface area contributed by atoms with Crippen molar-refractivity contribution < 1.29 is 0 Å². The van der Waals surface area contributed by atoms with Crippen LogP contribution in [0.3, 0.4) is 0 Å². The standard InChI is InChI=1S/C18H23BrN6.HI/c1-20-18(25(3)12-14-10-13(19)11-24(14)2)21-9-8-17-22-15-6-4-5-7-16(15)23-17;/h4-7,10-11H,8-9,12H2,1-3H3,(H,20,21)(H,22,23);1H. The van der Waals surface area contributed by atoms with E-state index in [1.54, 1.807) is 7.05 Å². The first kappa shape index (κ1) is 20.8. The second kappa shape index (κ2) is 9.40. The van der Waals surface area contributed by atoms with Crippen LogP contribution in [0, 0.1) is 0 Å². The molecule has 0 aliphatic rings. The van der Waals surface area contributed by atoms with Gasteiger partial charge >= 0.3 is 0 Å². The fraction of sp³-hybridized carbons (Fsp3) is 0.333. The van der Waals surface area contributed by atoms with Crippen LogP contribution in [0.25, 0.3) is 11.0 Å². The molecule has 0 bridgehead atoms. The topological polar surface area (TPSA) is 61.2 Å². The Morgan fingerprint density at radius 1 is 1.38 bits per heavy atom. The summed E-state index contributed by atoms with van der Waals surface area (Å²) in [5, 5.41) is 3.40. The number of hydrogen-bond acceptors (Lipinski definition) is 2. The third kappa shape index (κ3) is 5.00. The first-order chi connectivity index (χ1) is 12.1. The highest BCUT2D eigenvalue weighted by atomic mass is 127. The van der Waals surface area contributed by atoms with Crippen molar-refractivity contribution >= 4 is 56.9 Å². The van der Waals surface area contributed by atoms with Gasteiger partial charge in [-0.3, -0.25) is 4.99 Å². The molecule has 26 heavy (non-hydrogen) atoms. The third-order valence-electron chi connectivity index (χ3n) is 4.13. The molecule has 1 aromatic carbocycles. The molecular weight excluding hydrogens is 507 g/mol. The number of H-pyrrole nitrogens is 1. The van der Waals surface area contributed by atoms with E-state index in [1.807, 2.05) is 38.4 Å². The maximum atomic E-state index is 4.60. The molecule has 0 amide bonds. The van der Waals surface area contributed by atoms with E-state index < -0.39 is 0 Å². The van der Waals surface area contributed by atoms with Crippen LogP contribution in [-0.4, -0.2) is 46.0 Å². The number of aliphatic imine (C=N–C) groups is 1. The average molecular weight is 531 g/mol. The highest BCUT2D eigenvalue weighted by Gasteiger charge is 2.10. The fourth-order valence-electron chi connectivity index (χ4n) is 2.84. The quantitative estimate of drug-likeness (QED) is 0.301. The van der Waals surface area contributed by atoms with E-state index in [-0.39, 0.29) is 24.0 Å². The van der Waals surface area contributed by atoms with Crippen molar-refractivity contribution in [3.63, 3.8) is 0 Å². The van der Waals surface area contributed by atoms with E-state index >= 15 is 0 Å². The van der Waals surface area contributed by atoms with Gasteiger partial charge in [0.2, 0.25) is 0 Å². The number of rotatable bonds is 5. The van der Waals surface area contributed by atoms with Crippen LogP contribution >= 0.6 is 39.9 Å². The first-order valence-corrected chi connectivity index (χ1v) is 9.02. The zero-order chi connectivity index (χ0) is 17.8. The summed E-state index contributed by atoms with van der Waals surface area (Å²) >= 11 is 3.51. The van der Waals surface area contributed by atoms with E-state index in [2.05, 4.69) is 57.9 Å². The summed E-state index contributed by atoms with van der Waals surface area (Å²) < 4.78 is 3.20. The average Bonchev–Trinajstić information content (AvgIpc) is 3.13. The number of para-hydroxylation sites is 2. The molecular formula is C18H24BrIN6. The van der Waals surface area contributed by atoms with Gasteiger partial charge in [-0.05, 0) is 34.1 Å². The number of fused-ring (bicyclic) bond motifs is 1. The predicted octanol–water partition coefficient (Wildman–Crippen LogP) is 3.53. The molecule has 0 radical (unpaired) electrons. The lowest BCUT2D eigenvalue weighted by Gasteiger charge is -2.22. The summed E-state index contributed by atoms with van der Waals surface area (Å²) in [5.74, 6) is 1.85. The van der Waals surface area contributed by atoms with Crippen LogP contribution in [0.5, 0.6) is 0 Å². The van der Waals surface area contributed by atoms with Gasteiger partial charge in [-0.15, -0.1) is 24.0 Å². The molecule has 8 heteroatoms. The summed E-state index contributed by atoms with van der Waals surface area (Å²) in [6.45, 7) is 1.56. The summed E-state index contributed by atoms with van der Waals surface area (Å²) in [6.07, 6.45) is 2.87. The zero-order valence-corrected chi connectivity index (χ0v) is 19.1. The minimum Gasteiger partial charge on any atom is -0.356 e. The van der Waals surface area contributed by atoms with Crippen LogP contribution in [0.15, 0.2) is 46.0 Å². The van der Waals surface area contributed by atoms with E-state index in [0.717, 1.165) is 46.8 Å². The lowest BCUT2D eigenvalue weighted by atomic mass is 10.3. The minimum absolute atomic E-state index is 0. The molecule has 0 fully saturated rings. The summed E-state index contributed by atoms with van der Waals surface area (Å²) in [7, 11) is 5.89. The van der Waals surface area contributed by atoms with E-state index in [0.29, 0.717) is 0 Å². The summed E-state index contributed by atoms with van der Waals surface area (Å²) in [6, 6.07) is 10.2. The molecule has 2 N–H and O–H groups in total. The summed E-state index contributed by atoms with van der Waals surface area (Å²) in [4.78, 5) is 14.4. The molecule has 0 aliphatic carbocycles. The molecule has 0 saturated carbocycles. The number of nitrogens with one attached hydrogen (secondary N) is 2. The number of hydrogen-bond donors (Lipinski definition) is 2. The fourth-order valence-corrected chi connectivity index (χ4v) is 3.41. The van der Waals surface area contributed by atoms with Crippen molar-refractivity contribution in [3.05, 3.63) is 52.5 Å². The van der Waals surface area contributed by atoms with Crippen molar-refractivity contribution in [3.8, 4) is 0 Å². The van der Waals surface area contributed by atoms with Gasteiger partial charge < -0.3 is 19.8 Å². The monoisotopic (exact) mass is 530 g/mol. The second-order valence-electron chi connectivity index (χ2n) is 6.04. The zero-order valence-electron chi connectivity index (χ0n) is 15.2. The van der Waals surface area contributed by atoms with E-state index in [4.69, 9.17) is 0 Å². The van der Waals surface area contributed by atoms with Gasteiger partial charge in [0.15, 0.2) is 5.96 Å². The maximum Gasteiger partial charge on any atom is 0.193 e. The molecule has 0 spiro atoms. The van der Waals surface area contributed by atoms with Crippen molar-refractivity contribution in [2.45, 2.75) is 13.0 Å². The maximum absolute atomic E-state index is 4.60. The molecule has 140 valence electrons. The summed E-state index contributed by atoms with van der Waals surface area (Å²) in [5.41, 5.74) is 3.30. The smallest absolute Gasteiger partial charge is 0.193 e. The van der Waals surface area contributed by atoms with Gasteiger partial charge in [0.25, 0.3) is 0 Å². The number of aromatic nitrogens is 3. The lowest BCUT2D eigenvalue weighted by molar-refractivity contribution is 0.462. The largest absolute Gasteiger partial charge is 0.356 e. The van der Waals surface area contributed by atoms with Crippen LogP contribution in [0.2, 0.25) is 0 Å². The van der Waals surface area contributed by atoms with Crippen molar-refractivity contribution in [2.75, 3.05) is 20.6 Å². The van der Waals surface area contributed by atoms with Crippen molar-refractivity contribution in [1.29, 1.82) is 0 Å². The molecule has 2 aromatic heterocycles. The Morgan fingerprint density at radius 3 is 2.81 bits per heavy atom. The van der Waals surface area contributed by atoms with Gasteiger partial charge in [0, 0.05) is 50.5 Å². The molecule has 0 aliphatic heterocycles. The normalized spacial score (nSPS) is 11.5. The third-order valence-corrected chi connectivity index (χ3v) is 4.56. The molecule has 0 unspecified atom stereocenters. The van der Waals surface area contributed by atoms with Gasteiger partial charge in [-0.1, -0.05) is 12.1 Å². The van der Waals surface area contributed by atoms with Gasteiger partial charge in [0.1, 0.15) is 5.82 Å². The van der Waals surface area contributed by atoms with Crippen LogP contribution in [-0.2, 0) is 20.0 Å². The Morgan fingerprint density at radius 2 is 2.15 bits per heavy atom. The Hall–Kier alpha value is -1.55. The Labute approximate surface area is 179 Å². The first-order valence-electron chi connectivity index (χ1n) is 8.23. The molecule has 3 aromatic rings. The highest BCUT2D eigenvalue weighted by molar-refractivity contribution is 14.0. The molecule has 6 nitrogen and oxygen atoms in total. The van der Waals surface area contributed by atoms with Crippen molar-refractivity contribution in [2.24, 2.45) is 12.0 Å². The van der Waals surface area contributed by atoms with Gasteiger partial charge in [-0.2, -0.15) is 0 Å². The minimum atomic E-state index is 0. The lowest BCUT2D eigenvalue weighted by Crippen LogP contribution is -2.39. The Balaban J connectivity index is 0.00000243. The van der Waals surface area contributed by atoms with Crippen LogP contribution in [0.4, 0.5) is 0 Å². The van der Waals surface area contributed by atoms with Crippen LogP contribution < -0.4 is 5.32 Å². The number of imidazole rings is 1. The van der Waals surface area contributed by atoms with Crippen molar-refractivity contribution in [1.82, 2.24) is 24.8 Å². The van der Waals surface area contributed by atoms with E-state index in [9.17, 15) is 0 Å². The number of benzene rings is 1. The molecule has 2 heterocycles. The van der Waals surface area contributed by atoms with Gasteiger partial charge in [0.05, 0.1) is 17.6 Å². The molecule has 0 saturated heterocycles. The Kier molecular flexibility index (Phi) is 7.51. The SMILES string of the molecule is CN=C(NCCc1nc2ccccc2[nH]1)N(C)Cc1cc(Br)cn1C.I.